The Balaban J connectivity index is 2.94. The number of aliphatic hydroxyl groups is 1. The number of hydrogen-bond acceptors (Lipinski definition) is 3. The number of benzene rings is 1. The molecule has 0 aliphatic rings. The van der Waals surface area contributed by atoms with E-state index in [0.29, 0.717) is 12.2 Å². The Kier molecular flexibility index (Phi) is 4.86. The normalized spacial score (nSPS) is 11.4. The zero-order chi connectivity index (χ0) is 12.0. The Morgan fingerprint density at radius 3 is 2.50 bits per heavy atom. The van der Waals surface area contributed by atoms with Crippen LogP contribution in [0.3, 0.4) is 0 Å². The summed E-state index contributed by atoms with van der Waals surface area (Å²) in [6.45, 7) is 2.17. The summed E-state index contributed by atoms with van der Waals surface area (Å²) in [5.41, 5.74) is 2.18. The number of methoxy groups -OCH3 is 2. The van der Waals surface area contributed by atoms with E-state index in [4.69, 9.17) is 14.6 Å². The van der Waals surface area contributed by atoms with Crippen molar-refractivity contribution in [1.82, 2.24) is 0 Å². The van der Waals surface area contributed by atoms with Crippen molar-refractivity contribution < 1.29 is 14.6 Å². The fourth-order valence-electron chi connectivity index (χ4n) is 1.48. The van der Waals surface area contributed by atoms with E-state index in [-0.39, 0.29) is 6.61 Å². The number of aliphatic hydroxyl groups excluding tert-OH is 1. The zero-order valence-corrected chi connectivity index (χ0v) is 9.99. The van der Waals surface area contributed by atoms with Gasteiger partial charge in [-0.1, -0.05) is 17.7 Å². The van der Waals surface area contributed by atoms with Gasteiger partial charge in [0.1, 0.15) is 0 Å². The van der Waals surface area contributed by atoms with E-state index < -0.39 is 0 Å². The molecule has 0 atom stereocenters. The van der Waals surface area contributed by atoms with E-state index in [0.717, 1.165) is 16.9 Å². The van der Waals surface area contributed by atoms with Gasteiger partial charge >= 0.3 is 0 Å². The molecule has 0 aliphatic carbocycles. The molecule has 0 amide bonds. The molecule has 1 N–H and O–H groups in total. The standard InChI is InChI=1S/C13H18O3/c1-10(6-7-14)8-11-4-5-12(15-2)13(9-11)16-3/h4-5,8-9,14H,6-7H2,1-3H3. The first-order chi connectivity index (χ1) is 7.71. The van der Waals surface area contributed by atoms with Crippen molar-refractivity contribution >= 4 is 6.08 Å². The first kappa shape index (κ1) is 12.6. The molecule has 0 aromatic heterocycles. The third-order valence-corrected chi connectivity index (χ3v) is 2.33. The molecular formula is C13H18O3. The Morgan fingerprint density at radius 1 is 1.25 bits per heavy atom. The third-order valence-electron chi connectivity index (χ3n) is 2.33. The van der Waals surface area contributed by atoms with Gasteiger partial charge in [-0.15, -0.1) is 0 Å². The second-order valence-electron chi connectivity index (χ2n) is 3.58. The molecule has 0 radical (unpaired) electrons. The van der Waals surface area contributed by atoms with Crippen molar-refractivity contribution in [3.05, 3.63) is 29.3 Å². The van der Waals surface area contributed by atoms with Crippen molar-refractivity contribution in [1.29, 1.82) is 0 Å². The molecule has 1 aromatic carbocycles. The highest BCUT2D eigenvalue weighted by Crippen LogP contribution is 2.28. The highest BCUT2D eigenvalue weighted by Gasteiger charge is 2.03. The molecule has 3 heteroatoms. The van der Waals surface area contributed by atoms with Crippen LogP contribution in [0, 0.1) is 0 Å². The van der Waals surface area contributed by atoms with E-state index in [1.54, 1.807) is 14.2 Å². The average Bonchev–Trinajstić information content (AvgIpc) is 2.29. The van der Waals surface area contributed by atoms with Crippen LogP contribution < -0.4 is 9.47 Å². The molecule has 1 aromatic rings. The molecule has 0 bridgehead atoms. The van der Waals surface area contributed by atoms with Gasteiger partial charge in [0.2, 0.25) is 0 Å². The monoisotopic (exact) mass is 222 g/mol. The van der Waals surface area contributed by atoms with Crippen molar-refractivity contribution in [3.63, 3.8) is 0 Å². The lowest BCUT2D eigenvalue weighted by Gasteiger charge is -2.08. The van der Waals surface area contributed by atoms with E-state index in [9.17, 15) is 0 Å². The van der Waals surface area contributed by atoms with Crippen LogP contribution in [0.25, 0.3) is 6.08 Å². The SMILES string of the molecule is COc1ccc(C=C(C)CCO)cc1OC. The molecule has 0 fully saturated rings. The minimum absolute atomic E-state index is 0.176. The Morgan fingerprint density at radius 2 is 1.94 bits per heavy atom. The van der Waals surface area contributed by atoms with Gasteiger partial charge in [-0.05, 0) is 31.0 Å². The maximum Gasteiger partial charge on any atom is 0.161 e. The van der Waals surface area contributed by atoms with E-state index in [2.05, 4.69) is 0 Å². The summed E-state index contributed by atoms with van der Waals surface area (Å²) in [6.07, 6.45) is 2.71. The Labute approximate surface area is 96.3 Å². The van der Waals surface area contributed by atoms with Gasteiger partial charge in [-0.25, -0.2) is 0 Å². The van der Waals surface area contributed by atoms with Crippen LogP contribution in [0.4, 0.5) is 0 Å². The van der Waals surface area contributed by atoms with Crippen LogP contribution in [0.5, 0.6) is 11.5 Å². The molecule has 0 saturated carbocycles. The van der Waals surface area contributed by atoms with Crippen molar-refractivity contribution in [3.8, 4) is 11.5 Å². The van der Waals surface area contributed by atoms with Gasteiger partial charge < -0.3 is 14.6 Å². The second kappa shape index (κ2) is 6.18. The van der Waals surface area contributed by atoms with Crippen LogP contribution in [0.15, 0.2) is 23.8 Å². The Bertz CT molecular complexity index is 369. The molecule has 0 unspecified atom stereocenters. The molecule has 0 saturated heterocycles. The molecule has 3 nitrogen and oxygen atoms in total. The van der Waals surface area contributed by atoms with Gasteiger partial charge in [-0.3, -0.25) is 0 Å². The summed E-state index contributed by atoms with van der Waals surface area (Å²) in [6, 6.07) is 5.75. The first-order valence-corrected chi connectivity index (χ1v) is 5.21. The van der Waals surface area contributed by atoms with Crippen LogP contribution in [0.2, 0.25) is 0 Å². The van der Waals surface area contributed by atoms with Gasteiger partial charge in [-0.2, -0.15) is 0 Å². The molecule has 0 heterocycles. The van der Waals surface area contributed by atoms with Gasteiger partial charge in [0.15, 0.2) is 11.5 Å². The lowest BCUT2D eigenvalue weighted by atomic mass is 10.1. The lowest BCUT2D eigenvalue weighted by Crippen LogP contribution is -1.91. The van der Waals surface area contributed by atoms with Crippen LogP contribution in [0.1, 0.15) is 18.9 Å². The fraction of sp³-hybridized carbons (Fsp3) is 0.385. The van der Waals surface area contributed by atoms with Crippen LogP contribution in [-0.2, 0) is 0 Å². The van der Waals surface area contributed by atoms with Crippen molar-refractivity contribution in [2.45, 2.75) is 13.3 Å². The summed E-state index contributed by atoms with van der Waals surface area (Å²) in [7, 11) is 3.23. The highest BCUT2D eigenvalue weighted by atomic mass is 16.5. The van der Waals surface area contributed by atoms with Crippen molar-refractivity contribution in [2.24, 2.45) is 0 Å². The van der Waals surface area contributed by atoms with Gasteiger partial charge in [0, 0.05) is 6.61 Å². The van der Waals surface area contributed by atoms with Crippen molar-refractivity contribution in [2.75, 3.05) is 20.8 Å². The van der Waals surface area contributed by atoms with E-state index in [1.165, 1.54) is 0 Å². The summed E-state index contributed by atoms with van der Waals surface area (Å²) >= 11 is 0. The summed E-state index contributed by atoms with van der Waals surface area (Å²) in [4.78, 5) is 0. The number of rotatable bonds is 5. The maximum atomic E-state index is 8.81. The second-order valence-corrected chi connectivity index (χ2v) is 3.58. The Hall–Kier alpha value is -1.48. The van der Waals surface area contributed by atoms with Crippen LogP contribution in [-0.4, -0.2) is 25.9 Å². The lowest BCUT2D eigenvalue weighted by molar-refractivity contribution is 0.299. The average molecular weight is 222 g/mol. The highest BCUT2D eigenvalue weighted by molar-refractivity contribution is 5.57. The molecule has 0 spiro atoms. The minimum atomic E-state index is 0.176. The molecule has 0 aliphatic heterocycles. The summed E-state index contributed by atoms with van der Waals surface area (Å²) in [5.74, 6) is 1.44. The topological polar surface area (TPSA) is 38.7 Å². The molecule has 88 valence electrons. The molecule has 16 heavy (non-hydrogen) atoms. The van der Waals surface area contributed by atoms with E-state index in [1.807, 2.05) is 31.2 Å². The zero-order valence-electron chi connectivity index (χ0n) is 9.99. The van der Waals surface area contributed by atoms with Gasteiger partial charge in [0.05, 0.1) is 14.2 Å². The molecule has 1 rings (SSSR count). The third kappa shape index (κ3) is 3.28. The maximum absolute atomic E-state index is 8.81. The van der Waals surface area contributed by atoms with Gasteiger partial charge in [0.25, 0.3) is 0 Å². The summed E-state index contributed by atoms with van der Waals surface area (Å²) in [5, 5.41) is 8.81. The number of ether oxygens (including phenoxy) is 2. The number of hydrogen-bond donors (Lipinski definition) is 1. The quantitative estimate of drug-likeness (QED) is 0.831. The molecular weight excluding hydrogens is 204 g/mol. The van der Waals surface area contributed by atoms with E-state index >= 15 is 0 Å². The fourth-order valence-corrected chi connectivity index (χ4v) is 1.48. The largest absolute Gasteiger partial charge is 0.493 e. The predicted octanol–water partition coefficient (Wildman–Crippen LogP) is 2.49. The minimum Gasteiger partial charge on any atom is -0.493 e. The van der Waals surface area contributed by atoms with Crippen LogP contribution >= 0.6 is 0 Å². The first-order valence-electron chi connectivity index (χ1n) is 5.21. The predicted molar refractivity (Wildman–Crippen MR) is 64.9 cm³/mol. The smallest absolute Gasteiger partial charge is 0.161 e. The summed E-state index contributed by atoms with van der Waals surface area (Å²) < 4.78 is 10.4.